The average Bonchev–Trinajstić information content (AvgIpc) is 2.45. The van der Waals surface area contributed by atoms with Gasteiger partial charge in [-0.1, -0.05) is 105 Å². The zero-order chi connectivity index (χ0) is 14.6. The van der Waals surface area contributed by atoms with Crippen LogP contribution in [0.15, 0.2) is 30.3 Å². The molecule has 1 aromatic carbocycles. The SMILES string of the molecule is CCCCCCCCCC(OC(Cl)Cl)c1ccccc1. The Kier molecular flexibility index (Phi) is 10.2. The van der Waals surface area contributed by atoms with E-state index >= 15 is 0 Å². The highest BCUT2D eigenvalue weighted by Gasteiger charge is 2.14. The lowest BCUT2D eigenvalue weighted by Crippen LogP contribution is -2.07. The smallest absolute Gasteiger partial charge is 0.207 e. The van der Waals surface area contributed by atoms with Crippen molar-refractivity contribution in [3.63, 3.8) is 0 Å². The van der Waals surface area contributed by atoms with E-state index in [1.807, 2.05) is 18.2 Å². The van der Waals surface area contributed by atoms with Crippen molar-refractivity contribution in [1.29, 1.82) is 0 Å². The van der Waals surface area contributed by atoms with E-state index < -0.39 is 5.02 Å². The highest BCUT2D eigenvalue weighted by Crippen LogP contribution is 2.27. The molecule has 0 saturated heterocycles. The number of hydrogen-bond acceptors (Lipinski definition) is 1. The minimum Gasteiger partial charge on any atom is -0.341 e. The molecule has 1 rings (SSSR count). The molecule has 0 fully saturated rings. The molecule has 1 nitrogen and oxygen atoms in total. The molecule has 0 N–H and O–H groups in total. The summed E-state index contributed by atoms with van der Waals surface area (Å²) in [5, 5.41) is -0.759. The minimum atomic E-state index is -0.759. The molecular weight excluding hydrogens is 291 g/mol. The maximum absolute atomic E-state index is 5.76. The third kappa shape index (κ3) is 8.14. The van der Waals surface area contributed by atoms with Crippen molar-refractivity contribution in [3.8, 4) is 0 Å². The summed E-state index contributed by atoms with van der Waals surface area (Å²) in [7, 11) is 0. The van der Waals surface area contributed by atoms with Gasteiger partial charge in [0.2, 0.25) is 5.02 Å². The molecule has 0 aliphatic heterocycles. The Hall–Kier alpha value is -0.240. The standard InChI is InChI=1S/C17H26Cl2O/c1-2-3-4-5-6-7-11-14-16(20-17(18)19)15-12-9-8-10-13-15/h8-10,12-13,16-17H,2-7,11,14H2,1H3. The van der Waals surface area contributed by atoms with E-state index in [0.29, 0.717) is 0 Å². The Morgan fingerprint density at radius 3 is 2.10 bits per heavy atom. The van der Waals surface area contributed by atoms with Crippen LogP contribution in [0, 0.1) is 0 Å². The fraction of sp³-hybridized carbons (Fsp3) is 0.647. The fourth-order valence-corrected chi connectivity index (χ4v) is 2.64. The van der Waals surface area contributed by atoms with Gasteiger partial charge < -0.3 is 4.74 Å². The Labute approximate surface area is 133 Å². The maximum atomic E-state index is 5.76. The average molecular weight is 317 g/mol. The zero-order valence-corrected chi connectivity index (χ0v) is 13.9. The second kappa shape index (κ2) is 11.4. The first-order valence-electron chi connectivity index (χ1n) is 7.72. The lowest BCUT2D eigenvalue weighted by Gasteiger charge is -2.19. The fourth-order valence-electron chi connectivity index (χ4n) is 2.39. The Morgan fingerprint density at radius 1 is 0.900 bits per heavy atom. The van der Waals surface area contributed by atoms with Crippen LogP contribution < -0.4 is 0 Å². The Morgan fingerprint density at radius 2 is 1.50 bits per heavy atom. The van der Waals surface area contributed by atoms with Gasteiger partial charge in [0.15, 0.2) is 0 Å². The van der Waals surface area contributed by atoms with Crippen LogP contribution in [0.25, 0.3) is 0 Å². The van der Waals surface area contributed by atoms with Gasteiger partial charge in [0.1, 0.15) is 0 Å². The van der Waals surface area contributed by atoms with Crippen molar-refractivity contribution >= 4 is 23.2 Å². The third-order valence-electron chi connectivity index (χ3n) is 3.51. The summed E-state index contributed by atoms with van der Waals surface area (Å²) in [5.74, 6) is 0. The van der Waals surface area contributed by atoms with E-state index in [0.717, 1.165) is 18.4 Å². The van der Waals surface area contributed by atoms with E-state index in [1.165, 1.54) is 38.5 Å². The van der Waals surface area contributed by atoms with Gasteiger partial charge in [0, 0.05) is 0 Å². The van der Waals surface area contributed by atoms with Gasteiger partial charge >= 0.3 is 0 Å². The van der Waals surface area contributed by atoms with Crippen molar-refractivity contribution in [2.45, 2.75) is 69.4 Å². The second-order valence-electron chi connectivity index (χ2n) is 5.21. The van der Waals surface area contributed by atoms with Crippen LogP contribution >= 0.6 is 23.2 Å². The number of hydrogen-bond donors (Lipinski definition) is 0. The van der Waals surface area contributed by atoms with Crippen molar-refractivity contribution in [1.82, 2.24) is 0 Å². The highest BCUT2D eigenvalue weighted by molar-refractivity contribution is 6.43. The van der Waals surface area contributed by atoms with Gasteiger partial charge in [-0.25, -0.2) is 0 Å². The van der Waals surface area contributed by atoms with E-state index in [2.05, 4.69) is 19.1 Å². The minimum absolute atomic E-state index is 0.00634. The van der Waals surface area contributed by atoms with E-state index in [-0.39, 0.29) is 6.10 Å². The van der Waals surface area contributed by atoms with Crippen molar-refractivity contribution in [2.75, 3.05) is 0 Å². The number of rotatable bonds is 11. The summed E-state index contributed by atoms with van der Waals surface area (Å²) in [6, 6.07) is 10.2. The molecule has 20 heavy (non-hydrogen) atoms. The molecule has 114 valence electrons. The van der Waals surface area contributed by atoms with E-state index in [1.54, 1.807) is 0 Å². The van der Waals surface area contributed by atoms with E-state index in [4.69, 9.17) is 27.9 Å². The van der Waals surface area contributed by atoms with Crippen molar-refractivity contribution in [3.05, 3.63) is 35.9 Å². The molecule has 0 radical (unpaired) electrons. The summed E-state index contributed by atoms with van der Waals surface area (Å²) < 4.78 is 5.61. The summed E-state index contributed by atoms with van der Waals surface area (Å²) in [6.07, 6.45) is 10.1. The van der Waals surface area contributed by atoms with Gasteiger partial charge in [-0.05, 0) is 12.0 Å². The molecule has 0 amide bonds. The number of alkyl halides is 2. The molecular formula is C17H26Cl2O. The topological polar surface area (TPSA) is 9.23 Å². The van der Waals surface area contributed by atoms with Gasteiger partial charge in [-0.2, -0.15) is 0 Å². The van der Waals surface area contributed by atoms with Gasteiger partial charge in [-0.3, -0.25) is 0 Å². The molecule has 0 aliphatic carbocycles. The first kappa shape index (κ1) is 17.8. The molecule has 1 aromatic rings. The normalized spacial score (nSPS) is 12.8. The van der Waals surface area contributed by atoms with Crippen molar-refractivity contribution in [2.24, 2.45) is 0 Å². The zero-order valence-electron chi connectivity index (χ0n) is 12.4. The highest BCUT2D eigenvalue weighted by atomic mass is 35.5. The molecule has 1 atom stereocenters. The number of benzene rings is 1. The van der Waals surface area contributed by atoms with E-state index in [9.17, 15) is 0 Å². The van der Waals surface area contributed by atoms with Crippen molar-refractivity contribution < 1.29 is 4.74 Å². The number of unbranched alkanes of at least 4 members (excludes halogenated alkanes) is 6. The van der Waals surface area contributed by atoms with Gasteiger partial charge in [0.25, 0.3) is 0 Å². The largest absolute Gasteiger partial charge is 0.341 e. The Balaban J connectivity index is 2.28. The summed E-state index contributed by atoms with van der Waals surface area (Å²) in [6.45, 7) is 2.25. The third-order valence-corrected chi connectivity index (χ3v) is 3.71. The Bertz CT molecular complexity index is 327. The lowest BCUT2D eigenvalue weighted by atomic mass is 10.0. The molecule has 0 heterocycles. The van der Waals surface area contributed by atoms with Gasteiger partial charge in [-0.15, -0.1) is 0 Å². The van der Waals surface area contributed by atoms with Crippen LogP contribution in [-0.2, 0) is 4.74 Å². The molecule has 0 aromatic heterocycles. The molecule has 1 unspecified atom stereocenters. The second-order valence-corrected chi connectivity index (χ2v) is 6.22. The quantitative estimate of drug-likeness (QED) is 0.328. The molecule has 0 aliphatic rings. The molecule has 0 bridgehead atoms. The first-order chi connectivity index (χ1) is 9.74. The molecule has 3 heteroatoms. The van der Waals surface area contributed by atoms with Crippen LogP contribution in [0.3, 0.4) is 0 Å². The van der Waals surface area contributed by atoms with Crippen LogP contribution in [0.5, 0.6) is 0 Å². The first-order valence-corrected chi connectivity index (χ1v) is 8.60. The number of ether oxygens (including phenoxy) is 1. The summed E-state index contributed by atoms with van der Waals surface area (Å²) in [5.41, 5.74) is 1.16. The number of halogens is 2. The summed E-state index contributed by atoms with van der Waals surface area (Å²) >= 11 is 11.5. The van der Waals surface area contributed by atoms with Crippen LogP contribution in [0.2, 0.25) is 0 Å². The van der Waals surface area contributed by atoms with Crippen LogP contribution in [-0.4, -0.2) is 5.02 Å². The van der Waals surface area contributed by atoms with Gasteiger partial charge in [0.05, 0.1) is 6.10 Å². The monoisotopic (exact) mass is 316 g/mol. The molecule has 0 saturated carbocycles. The predicted molar refractivity (Wildman–Crippen MR) is 88.4 cm³/mol. The molecule has 0 spiro atoms. The lowest BCUT2D eigenvalue weighted by molar-refractivity contribution is 0.0587. The van der Waals surface area contributed by atoms with Crippen LogP contribution in [0.4, 0.5) is 0 Å². The predicted octanol–water partition coefficient (Wildman–Crippen LogP) is 6.65. The maximum Gasteiger partial charge on any atom is 0.207 e. The summed E-state index contributed by atoms with van der Waals surface area (Å²) in [4.78, 5) is 0. The van der Waals surface area contributed by atoms with Crippen LogP contribution in [0.1, 0.15) is 70.0 Å².